The minimum absolute atomic E-state index is 0.533. The number of nitrogens with zero attached hydrogens (tertiary/aromatic N) is 3. The molecule has 3 rings (SSSR count). The normalized spacial score (nSPS) is 11.0. The Hall–Kier alpha value is -1.37. The average molecular weight is 309 g/mol. The second-order valence-electron chi connectivity index (χ2n) is 3.77. The van der Waals surface area contributed by atoms with E-state index in [2.05, 4.69) is 15.0 Å². The van der Waals surface area contributed by atoms with E-state index >= 15 is 0 Å². The quantitative estimate of drug-likeness (QED) is 0.749. The van der Waals surface area contributed by atoms with Crippen molar-refractivity contribution in [3.8, 4) is 0 Å². The maximum absolute atomic E-state index is 5.90. The van der Waals surface area contributed by atoms with Gasteiger partial charge in [0.25, 0.3) is 0 Å². The minimum atomic E-state index is 0.533. The molecule has 0 aliphatic heterocycles. The molecular weight excluding hydrogens is 300 g/mol. The van der Waals surface area contributed by atoms with Crippen LogP contribution in [0.4, 0.5) is 5.82 Å². The highest BCUT2D eigenvalue weighted by Crippen LogP contribution is 2.26. The Kier molecular flexibility index (Phi) is 3.54. The Morgan fingerprint density at radius 2 is 2.16 bits per heavy atom. The molecule has 0 atom stereocenters. The first kappa shape index (κ1) is 12.7. The summed E-state index contributed by atoms with van der Waals surface area (Å²) in [7, 11) is 0. The van der Waals surface area contributed by atoms with Crippen LogP contribution in [0.5, 0.6) is 0 Å². The number of anilines is 1. The molecule has 3 aromatic heterocycles. The summed E-state index contributed by atoms with van der Waals surface area (Å²) >= 11 is 8.91. The Morgan fingerprint density at radius 3 is 2.95 bits per heavy atom. The van der Waals surface area contributed by atoms with Crippen molar-refractivity contribution in [2.24, 2.45) is 0 Å². The van der Waals surface area contributed by atoms with E-state index in [9.17, 15) is 0 Å². The SMILES string of the molecule is Nc1nc(CSc2ccc(Cl)cn2)nc2sccc12. The summed E-state index contributed by atoms with van der Waals surface area (Å²) in [6.07, 6.45) is 1.63. The topological polar surface area (TPSA) is 64.7 Å². The van der Waals surface area contributed by atoms with Crippen LogP contribution < -0.4 is 5.73 Å². The highest BCUT2D eigenvalue weighted by Gasteiger charge is 2.07. The van der Waals surface area contributed by atoms with E-state index in [1.54, 1.807) is 29.3 Å². The number of thiophene rings is 1. The number of nitrogens with two attached hydrogens (primary N) is 1. The number of thioether (sulfide) groups is 1. The third-order valence-electron chi connectivity index (χ3n) is 2.45. The second kappa shape index (κ2) is 5.32. The molecule has 0 aromatic carbocycles. The third-order valence-corrected chi connectivity index (χ3v) is 4.42. The lowest BCUT2D eigenvalue weighted by Gasteiger charge is -2.02. The lowest BCUT2D eigenvalue weighted by Crippen LogP contribution is -1.98. The van der Waals surface area contributed by atoms with Gasteiger partial charge in [-0.1, -0.05) is 23.4 Å². The fourth-order valence-corrected chi connectivity index (χ4v) is 3.18. The molecule has 4 nitrogen and oxygen atoms in total. The van der Waals surface area contributed by atoms with E-state index in [0.717, 1.165) is 15.2 Å². The third kappa shape index (κ3) is 2.80. The second-order valence-corrected chi connectivity index (χ2v) is 6.09. The molecule has 96 valence electrons. The zero-order chi connectivity index (χ0) is 13.2. The fourth-order valence-electron chi connectivity index (χ4n) is 1.57. The maximum atomic E-state index is 5.90. The van der Waals surface area contributed by atoms with E-state index in [1.807, 2.05) is 23.6 Å². The molecule has 0 amide bonds. The zero-order valence-electron chi connectivity index (χ0n) is 9.71. The van der Waals surface area contributed by atoms with Gasteiger partial charge in [0.2, 0.25) is 0 Å². The molecule has 0 saturated heterocycles. The Morgan fingerprint density at radius 1 is 1.26 bits per heavy atom. The van der Waals surface area contributed by atoms with Crippen LogP contribution in [-0.4, -0.2) is 15.0 Å². The number of hydrogen-bond donors (Lipinski definition) is 1. The molecule has 0 aliphatic carbocycles. The molecular formula is C12H9ClN4S2. The smallest absolute Gasteiger partial charge is 0.142 e. The standard InChI is InChI=1S/C12H9ClN4S2/c13-7-1-2-10(15-5-7)19-6-9-16-11(14)8-3-4-18-12(8)17-9/h1-5H,6H2,(H2,14,16,17). The summed E-state index contributed by atoms with van der Waals surface area (Å²) in [5.74, 6) is 1.88. The number of hydrogen-bond acceptors (Lipinski definition) is 6. The van der Waals surface area contributed by atoms with Crippen molar-refractivity contribution in [3.05, 3.63) is 40.6 Å². The van der Waals surface area contributed by atoms with Crippen LogP contribution >= 0.6 is 34.7 Å². The van der Waals surface area contributed by atoms with Gasteiger partial charge < -0.3 is 5.73 Å². The Balaban J connectivity index is 1.79. The molecule has 0 spiro atoms. The van der Waals surface area contributed by atoms with E-state index in [-0.39, 0.29) is 0 Å². The van der Waals surface area contributed by atoms with Gasteiger partial charge in [-0.3, -0.25) is 0 Å². The lowest BCUT2D eigenvalue weighted by molar-refractivity contribution is 1.07. The molecule has 0 fully saturated rings. The predicted molar refractivity (Wildman–Crippen MR) is 80.6 cm³/mol. The molecule has 0 unspecified atom stereocenters. The van der Waals surface area contributed by atoms with Gasteiger partial charge in [-0.2, -0.15) is 0 Å². The van der Waals surface area contributed by atoms with Gasteiger partial charge in [0.05, 0.1) is 21.2 Å². The molecule has 0 radical (unpaired) electrons. The maximum Gasteiger partial charge on any atom is 0.142 e. The average Bonchev–Trinajstić information content (AvgIpc) is 2.87. The van der Waals surface area contributed by atoms with Crippen molar-refractivity contribution >= 4 is 50.7 Å². The number of nitrogen functional groups attached to an aromatic ring is 1. The first-order valence-electron chi connectivity index (χ1n) is 5.46. The van der Waals surface area contributed by atoms with Crippen LogP contribution in [0.1, 0.15) is 5.82 Å². The monoisotopic (exact) mass is 308 g/mol. The van der Waals surface area contributed by atoms with Gasteiger partial charge >= 0.3 is 0 Å². The van der Waals surface area contributed by atoms with Gasteiger partial charge in [-0.15, -0.1) is 11.3 Å². The first-order valence-corrected chi connectivity index (χ1v) is 7.70. The van der Waals surface area contributed by atoms with E-state index in [4.69, 9.17) is 17.3 Å². The summed E-state index contributed by atoms with van der Waals surface area (Å²) in [6.45, 7) is 0. The van der Waals surface area contributed by atoms with Gasteiger partial charge in [0, 0.05) is 6.20 Å². The molecule has 3 aromatic rings. The van der Waals surface area contributed by atoms with Crippen molar-refractivity contribution in [2.45, 2.75) is 10.8 Å². The number of pyridine rings is 1. The molecule has 19 heavy (non-hydrogen) atoms. The van der Waals surface area contributed by atoms with Crippen molar-refractivity contribution < 1.29 is 0 Å². The number of aromatic nitrogens is 3. The van der Waals surface area contributed by atoms with Crippen LogP contribution in [0.15, 0.2) is 34.8 Å². The van der Waals surface area contributed by atoms with Gasteiger partial charge in [0.1, 0.15) is 16.5 Å². The van der Waals surface area contributed by atoms with Crippen LogP contribution in [-0.2, 0) is 5.75 Å². The van der Waals surface area contributed by atoms with Crippen LogP contribution in [0.2, 0.25) is 5.02 Å². The molecule has 0 saturated carbocycles. The summed E-state index contributed by atoms with van der Waals surface area (Å²) < 4.78 is 0. The number of rotatable bonds is 3. The predicted octanol–water partition coefficient (Wildman–Crippen LogP) is 3.61. The fraction of sp³-hybridized carbons (Fsp3) is 0.0833. The first-order chi connectivity index (χ1) is 9.22. The van der Waals surface area contributed by atoms with Gasteiger partial charge in [-0.25, -0.2) is 15.0 Å². The number of fused-ring (bicyclic) bond motifs is 1. The number of halogens is 1. The van der Waals surface area contributed by atoms with Crippen LogP contribution in [0.3, 0.4) is 0 Å². The van der Waals surface area contributed by atoms with Crippen LogP contribution in [0, 0.1) is 0 Å². The van der Waals surface area contributed by atoms with E-state index in [1.165, 1.54) is 0 Å². The zero-order valence-corrected chi connectivity index (χ0v) is 12.1. The van der Waals surface area contributed by atoms with Crippen molar-refractivity contribution in [1.29, 1.82) is 0 Å². The van der Waals surface area contributed by atoms with Crippen molar-refractivity contribution in [2.75, 3.05) is 5.73 Å². The minimum Gasteiger partial charge on any atom is -0.383 e. The van der Waals surface area contributed by atoms with Gasteiger partial charge in [-0.05, 0) is 23.6 Å². The van der Waals surface area contributed by atoms with E-state index < -0.39 is 0 Å². The van der Waals surface area contributed by atoms with Gasteiger partial charge in [0.15, 0.2) is 0 Å². The summed E-state index contributed by atoms with van der Waals surface area (Å²) in [5, 5.41) is 4.40. The summed E-state index contributed by atoms with van der Waals surface area (Å²) in [6, 6.07) is 5.63. The molecule has 0 aliphatic rings. The molecule has 7 heteroatoms. The Labute approximate surface area is 123 Å². The van der Waals surface area contributed by atoms with E-state index in [0.29, 0.717) is 22.4 Å². The summed E-state index contributed by atoms with van der Waals surface area (Å²) in [5.41, 5.74) is 5.90. The highest BCUT2D eigenvalue weighted by atomic mass is 35.5. The largest absolute Gasteiger partial charge is 0.383 e. The Bertz CT molecular complexity index is 711. The van der Waals surface area contributed by atoms with Crippen LogP contribution in [0.25, 0.3) is 10.2 Å². The molecule has 0 bridgehead atoms. The van der Waals surface area contributed by atoms with Crippen molar-refractivity contribution in [1.82, 2.24) is 15.0 Å². The van der Waals surface area contributed by atoms with Crippen molar-refractivity contribution in [3.63, 3.8) is 0 Å². The molecule has 2 N–H and O–H groups in total. The lowest BCUT2D eigenvalue weighted by atomic mass is 10.4. The highest BCUT2D eigenvalue weighted by molar-refractivity contribution is 7.98. The summed E-state index contributed by atoms with van der Waals surface area (Å²) in [4.78, 5) is 13.9. The molecule has 3 heterocycles.